The molecular formula is C19H19ClO4. The molecule has 0 atom stereocenters. The van der Waals surface area contributed by atoms with E-state index in [2.05, 4.69) is 6.92 Å². The molecule has 0 aliphatic rings. The molecule has 0 heterocycles. The smallest absolute Gasteiger partial charge is 0.343 e. The van der Waals surface area contributed by atoms with Gasteiger partial charge in [0.05, 0.1) is 16.1 Å². The van der Waals surface area contributed by atoms with Crippen LogP contribution in [-0.4, -0.2) is 17.0 Å². The van der Waals surface area contributed by atoms with Gasteiger partial charge in [-0.25, -0.2) is 9.59 Å². The SMILES string of the molecule is CCCCCc1ccc(C(=O)Oc2ccc(C(=O)O)c(Cl)c2)cc1. The molecule has 0 fully saturated rings. The second kappa shape index (κ2) is 8.50. The van der Waals surface area contributed by atoms with Crippen molar-refractivity contribution < 1.29 is 19.4 Å². The zero-order valence-corrected chi connectivity index (χ0v) is 14.2. The van der Waals surface area contributed by atoms with E-state index in [1.807, 2.05) is 12.1 Å². The fourth-order valence-corrected chi connectivity index (χ4v) is 2.54. The van der Waals surface area contributed by atoms with Gasteiger partial charge in [-0.05, 0) is 42.7 Å². The van der Waals surface area contributed by atoms with E-state index in [4.69, 9.17) is 21.4 Å². The molecule has 126 valence electrons. The van der Waals surface area contributed by atoms with E-state index >= 15 is 0 Å². The second-order valence-electron chi connectivity index (χ2n) is 5.49. The Hall–Kier alpha value is -2.33. The molecule has 1 N–H and O–H groups in total. The van der Waals surface area contributed by atoms with E-state index < -0.39 is 11.9 Å². The summed E-state index contributed by atoms with van der Waals surface area (Å²) < 4.78 is 5.24. The number of esters is 1. The quantitative estimate of drug-likeness (QED) is 0.436. The maximum Gasteiger partial charge on any atom is 0.343 e. The number of carbonyl (C=O) groups excluding carboxylic acids is 1. The molecule has 0 radical (unpaired) electrons. The topological polar surface area (TPSA) is 63.6 Å². The van der Waals surface area contributed by atoms with E-state index in [1.165, 1.54) is 36.6 Å². The predicted octanol–water partition coefficient (Wildman–Crippen LogP) is 4.99. The van der Waals surface area contributed by atoms with Crippen molar-refractivity contribution in [3.8, 4) is 5.75 Å². The van der Waals surface area contributed by atoms with Crippen LogP contribution in [0.25, 0.3) is 0 Å². The third kappa shape index (κ3) is 4.83. The van der Waals surface area contributed by atoms with Gasteiger partial charge < -0.3 is 9.84 Å². The lowest BCUT2D eigenvalue weighted by molar-refractivity contribution is 0.0696. The molecule has 24 heavy (non-hydrogen) atoms. The molecule has 5 heteroatoms. The zero-order valence-electron chi connectivity index (χ0n) is 13.4. The third-order valence-corrected chi connectivity index (χ3v) is 3.95. The molecule has 2 aromatic carbocycles. The van der Waals surface area contributed by atoms with Crippen LogP contribution in [0.4, 0.5) is 0 Å². The van der Waals surface area contributed by atoms with Crippen molar-refractivity contribution in [3.63, 3.8) is 0 Å². The van der Waals surface area contributed by atoms with Crippen LogP contribution in [0.3, 0.4) is 0 Å². The highest BCUT2D eigenvalue weighted by molar-refractivity contribution is 6.33. The summed E-state index contributed by atoms with van der Waals surface area (Å²) in [6.45, 7) is 2.16. The first-order chi connectivity index (χ1) is 11.5. The number of carboxylic acid groups (broad SMARTS) is 1. The van der Waals surface area contributed by atoms with Crippen molar-refractivity contribution in [2.75, 3.05) is 0 Å². The lowest BCUT2D eigenvalue weighted by atomic mass is 10.1. The molecule has 0 unspecified atom stereocenters. The van der Waals surface area contributed by atoms with Crippen LogP contribution in [0, 0.1) is 0 Å². The van der Waals surface area contributed by atoms with Gasteiger partial charge in [0.25, 0.3) is 0 Å². The third-order valence-electron chi connectivity index (χ3n) is 3.64. The van der Waals surface area contributed by atoms with Gasteiger partial charge in [-0.15, -0.1) is 0 Å². The van der Waals surface area contributed by atoms with Crippen LogP contribution >= 0.6 is 11.6 Å². The number of unbranched alkanes of at least 4 members (excludes halogenated alkanes) is 2. The largest absolute Gasteiger partial charge is 0.478 e. The number of carboxylic acids is 1. The summed E-state index contributed by atoms with van der Waals surface area (Å²) >= 11 is 5.86. The second-order valence-corrected chi connectivity index (χ2v) is 5.90. The number of carbonyl (C=O) groups is 2. The van der Waals surface area contributed by atoms with Crippen molar-refractivity contribution in [2.24, 2.45) is 0 Å². The molecule has 0 aliphatic carbocycles. The van der Waals surface area contributed by atoms with Gasteiger partial charge in [0.1, 0.15) is 5.75 Å². The van der Waals surface area contributed by atoms with Gasteiger partial charge in [0, 0.05) is 6.07 Å². The Balaban J connectivity index is 2.01. The predicted molar refractivity (Wildman–Crippen MR) is 93.0 cm³/mol. The standard InChI is InChI=1S/C19H19ClO4/c1-2-3-4-5-13-6-8-14(9-7-13)19(23)24-15-10-11-16(18(21)22)17(20)12-15/h6-12H,2-5H2,1H3,(H,21,22). The highest BCUT2D eigenvalue weighted by Gasteiger charge is 2.13. The van der Waals surface area contributed by atoms with E-state index in [9.17, 15) is 9.59 Å². The molecule has 0 saturated heterocycles. The average molecular weight is 347 g/mol. The van der Waals surface area contributed by atoms with Crippen LogP contribution in [0.15, 0.2) is 42.5 Å². The lowest BCUT2D eigenvalue weighted by Crippen LogP contribution is -2.09. The Morgan fingerprint density at radius 2 is 1.79 bits per heavy atom. The van der Waals surface area contributed by atoms with Crippen molar-refractivity contribution in [1.82, 2.24) is 0 Å². The van der Waals surface area contributed by atoms with Gasteiger partial charge >= 0.3 is 11.9 Å². The first-order valence-corrected chi connectivity index (χ1v) is 8.23. The minimum atomic E-state index is -1.13. The summed E-state index contributed by atoms with van der Waals surface area (Å²) in [7, 11) is 0. The van der Waals surface area contributed by atoms with Crippen molar-refractivity contribution in [2.45, 2.75) is 32.6 Å². The molecule has 2 aromatic rings. The zero-order chi connectivity index (χ0) is 17.5. The molecular weight excluding hydrogens is 328 g/mol. The summed E-state index contributed by atoms with van der Waals surface area (Å²) in [5.41, 5.74) is 1.59. The Kier molecular flexibility index (Phi) is 6.38. The highest BCUT2D eigenvalue weighted by Crippen LogP contribution is 2.23. The maximum atomic E-state index is 12.1. The first kappa shape index (κ1) is 18.0. The van der Waals surface area contributed by atoms with Crippen LogP contribution in [0.1, 0.15) is 52.5 Å². The number of aryl methyl sites for hydroxylation is 1. The highest BCUT2D eigenvalue weighted by atomic mass is 35.5. The fourth-order valence-electron chi connectivity index (χ4n) is 2.29. The average Bonchev–Trinajstić information content (AvgIpc) is 2.55. The first-order valence-electron chi connectivity index (χ1n) is 7.85. The number of aromatic carboxylic acids is 1. The summed E-state index contributed by atoms with van der Waals surface area (Å²) in [4.78, 5) is 23.0. The Morgan fingerprint density at radius 1 is 1.08 bits per heavy atom. The number of benzene rings is 2. The fraction of sp³-hybridized carbons (Fsp3) is 0.263. The molecule has 0 aromatic heterocycles. The van der Waals surface area contributed by atoms with Gasteiger partial charge in [-0.3, -0.25) is 0 Å². The lowest BCUT2D eigenvalue weighted by Gasteiger charge is -2.07. The van der Waals surface area contributed by atoms with Crippen molar-refractivity contribution in [1.29, 1.82) is 0 Å². The monoisotopic (exact) mass is 346 g/mol. The molecule has 2 rings (SSSR count). The molecule has 0 bridgehead atoms. The summed E-state index contributed by atoms with van der Waals surface area (Å²) in [5, 5.41) is 8.95. The Labute approximate surface area is 146 Å². The van der Waals surface area contributed by atoms with Crippen LogP contribution in [0.2, 0.25) is 5.02 Å². The maximum absolute atomic E-state index is 12.1. The number of rotatable bonds is 7. The summed E-state index contributed by atoms with van der Waals surface area (Å²) in [6, 6.07) is 11.4. The van der Waals surface area contributed by atoms with Crippen molar-refractivity contribution >= 4 is 23.5 Å². The van der Waals surface area contributed by atoms with Crippen LogP contribution < -0.4 is 4.74 Å². The number of hydrogen-bond acceptors (Lipinski definition) is 3. The van der Waals surface area contributed by atoms with Gasteiger partial charge in [-0.2, -0.15) is 0 Å². The molecule has 0 aliphatic heterocycles. The number of hydrogen-bond donors (Lipinski definition) is 1. The Bertz CT molecular complexity index is 723. The van der Waals surface area contributed by atoms with Crippen LogP contribution in [0.5, 0.6) is 5.75 Å². The molecule has 4 nitrogen and oxygen atoms in total. The number of halogens is 1. The van der Waals surface area contributed by atoms with Gasteiger partial charge in [0.2, 0.25) is 0 Å². The summed E-state index contributed by atoms with van der Waals surface area (Å²) in [5.74, 6) is -1.42. The summed E-state index contributed by atoms with van der Waals surface area (Å²) in [6.07, 6.45) is 4.49. The Morgan fingerprint density at radius 3 is 2.38 bits per heavy atom. The van der Waals surface area contributed by atoms with E-state index in [-0.39, 0.29) is 16.3 Å². The number of ether oxygens (including phenoxy) is 1. The normalized spacial score (nSPS) is 10.4. The van der Waals surface area contributed by atoms with E-state index in [0.717, 1.165) is 12.8 Å². The van der Waals surface area contributed by atoms with Crippen molar-refractivity contribution in [3.05, 3.63) is 64.2 Å². The molecule has 0 amide bonds. The minimum Gasteiger partial charge on any atom is -0.478 e. The molecule has 0 saturated carbocycles. The minimum absolute atomic E-state index is 0.0269. The van der Waals surface area contributed by atoms with Gasteiger partial charge in [-0.1, -0.05) is 43.5 Å². The molecule has 0 spiro atoms. The van der Waals surface area contributed by atoms with Crippen LogP contribution in [-0.2, 0) is 6.42 Å². The van der Waals surface area contributed by atoms with E-state index in [1.54, 1.807) is 12.1 Å². The van der Waals surface area contributed by atoms with E-state index in [0.29, 0.717) is 5.56 Å². The van der Waals surface area contributed by atoms with Gasteiger partial charge in [0.15, 0.2) is 0 Å².